The Bertz CT molecular complexity index is 1160. The Balaban J connectivity index is 1.52. The lowest BCUT2D eigenvalue weighted by Gasteiger charge is -2.45. The van der Waals surface area contributed by atoms with Crippen molar-refractivity contribution in [1.82, 2.24) is 24.4 Å². The van der Waals surface area contributed by atoms with Gasteiger partial charge in [-0.1, -0.05) is 0 Å². The normalized spacial score (nSPS) is 18.5. The smallest absolute Gasteiger partial charge is 0.227 e. The molecule has 2 unspecified atom stereocenters. The molecule has 0 saturated carbocycles. The Morgan fingerprint density at radius 2 is 1.74 bits per heavy atom. The highest BCUT2D eigenvalue weighted by molar-refractivity contribution is 5.74. The number of aryl methyl sites for hydroxylation is 1. The molecule has 3 aromatic rings. The van der Waals surface area contributed by atoms with E-state index in [0.717, 1.165) is 30.3 Å². The van der Waals surface area contributed by atoms with Gasteiger partial charge in [-0.05, 0) is 58.9 Å². The van der Waals surface area contributed by atoms with Crippen LogP contribution in [0.1, 0.15) is 46.5 Å². The van der Waals surface area contributed by atoms with Crippen LogP contribution in [0.5, 0.6) is 0 Å². The lowest BCUT2D eigenvalue weighted by Crippen LogP contribution is -2.58. The summed E-state index contributed by atoms with van der Waals surface area (Å²) in [6.07, 6.45) is 2.83. The van der Waals surface area contributed by atoms with Crippen molar-refractivity contribution in [1.29, 1.82) is 0 Å². The van der Waals surface area contributed by atoms with Crippen LogP contribution in [0.15, 0.2) is 36.7 Å². The van der Waals surface area contributed by atoms with Crippen molar-refractivity contribution < 1.29 is 9.18 Å². The SMILES string of the molecule is CC(=O)N1C(C)CN(c2ccc(Nc3ncc(F)c(-c4cnc(C)n4C(C)C)n3)cc2)CC1C. The molecule has 2 aromatic heterocycles. The molecular formula is C25H32FN7O. The van der Waals surface area contributed by atoms with Gasteiger partial charge in [0.25, 0.3) is 0 Å². The first-order chi connectivity index (χ1) is 16.2. The second-order valence-electron chi connectivity index (χ2n) is 9.25. The van der Waals surface area contributed by atoms with Crippen molar-refractivity contribution in [2.24, 2.45) is 0 Å². The minimum Gasteiger partial charge on any atom is -0.367 e. The molecule has 1 saturated heterocycles. The molecule has 2 atom stereocenters. The average Bonchev–Trinajstić information content (AvgIpc) is 3.16. The van der Waals surface area contributed by atoms with Gasteiger partial charge in [-0.3, -0.25) is 4.79 Å². The number of halogens is 1. The maximum absolute atomic E-state index is 14.6. The predicted octanol–water partition coefficient (Wildman–Crippen LogP) is 4.56. The van der Waals surface area contributed by atoms with Crippen LogP contribution in [0.2, 0.25) is 0 Å². The monoisotopic (exact) mass is 465 g/mol. The quantitative estimate of drug-likeness (QED) is 0.595. The number of hydrogen-bond donors (Lipinski definition) is 1. The summed E-state index contributed by atoms with van der Waals surface area (Å²) in [5.74, 6) is 0.747. The van der Waals surface area contributed by atoms with E-state index in [1.165, 1.54) is 6.20 Å². The molecule has 180 valence electrons. The molecule has 1 N–H and O–H groups in total. The fourth-order valence-electron chi connectivity index (χ4n) is 4.93. The van der Waals surface area contributed by atoms with Crippen LogP contribution >= 0.6 is 0 Å². The van der Waals surface area contributed by atoms with Gasteiger partial charge in [-0.25, -0.2) is 19.3 Å². The van der Waals surface area contributed by atoms with Gasteiger partial charge in [-0.15, -0.1) is 0 Å². The van der Waals surface area contributed by atoms with Crippen LogP contribution in [-0.4, -0.2) is 55.5 Å². The Kier molecular flexibility index (Phi) is 6.54. The van der Waals surface area contributed by atoms with E-state index in [1.54, 1.807) is 13.1 Å². The van der Waals surface area contributed by atoms with E-state index in [4.69, 9.17) is 0 Å². The summed E-state index contributed by atoms with van der Waals surface area (Å²) in [5.41, 5.74) is 2.73. The van der Waals surface area contributed by atoms with E-state index in [2.05, 4.69) is 39.0 Å². The lowest BCUT2D eigenvalue weighted by molar-refractivity contribution is -0.133. The number of hydrogen-bond acceptors (Lipinski definition) is 6. The van der Waals surface area contributed by atoms with Crippen LogP contribution < -0.4 is 10.2 Å². The van der Waals surface area contributed by atoms with E-state index < -0.39 is 5.82 Å². The largest absolute Gasteiger partial charge is 0.367 e. The number of amides is 1. The van der Waals surface area contributed by atoms with E-state index in [1.807, 2.05) is 54.5 Å². The molecule has 0 radical (unpaired) electrons. The molecule has 3 heterocycles. The van der Waals surface area contributed by atoms with Crippen LogP contribution in [0.25, 0.3) is 11.4 Å². The Morgan fingerprint density at radius 1 is 1.09 bits per heavy atom. The molecule has 34 heavy (non-hydrogen) atoms. The Labute approximate surface area is 199 Å². The Morgan fingerprint density at radius 3 is 2.32 bits per heavy atom. The summed E-state index contributed by atoms with van der Waals surface area (Å²) in [5, 5.41) is 3.18. The number of piperazine rings is 1. The summed E-state index contributed by atoms with van der Waals surface area (Å²) in [7, 11) is 0. The first-order valence-corrected chi connectivity index (χ1v) is 11.6. The van der Waals surface area contributed by atoms with E-state index in [-0.39, 0.29) is 29.7 Å². The summed E-state index contributed by atoms with van der Waals surface area (Å²) in [6.45, 7) is 13.3. The number of carbonyl (C=O) groups is 1. The average molecular weight is 466 g/mol. The topological polar surface area (TPSA) is 79.2 Å². The number of carbonyl (C=O) groups excluding carboxylic acids is 1. The zero-order valence-corrected chi connectivity index (χ0v) is 20.6. The molecule has 4 rings (SSSR count). The van der Waals surface area contributed by atoms with Crippen molar-refractivity contribution in [2.45, 2.75) is 59.7 Å². The van der Waals surface area contributed by atoms with Gasteiger partial charge in [0.1, 0.15) is 11.5 Å². The molecule has 1 aliphatic rings. The molecule has 1 fully saturated rings. The van der Waals surface area contributed by atoms with Crippen LogP contribution in [0.4, 0.5) is 21.7 Å². The number of rotatable bonds is 5. The predicted molar refractivity (Wildman–Crippen MR) is 132 cm³/mol. The maximum atomic E-state index is 14.6. The maximum Gasteiger partial charge on any atom is 0.227 e. The third-order valence-corrected chi connectivity index (χ3v) is 6.26. The van der Waals surface area contributed by atoms with Crippen molar-refractivity contribution >= 4 is 23.2 Å². The highest BCUT2D eigenvalue weighted by Gasteiger charge is 2.31. The van der Waals surface area contributed by atoms with Crippen molar-refractivity contribution in [2.75, 3.05) is 23.3 Å². The van der Waals surface area contributed by atoms with E-state index in [0.29, 0.717) is 11.6 Å². The molecule has 0 bridgehead atoms. The summed E-state index contributed by atoms with van der Waals surface area (Å²) in [6, 6.07) is 8.40. The summed E-state index contributed by atoms with van der Waals surface area (Å²) in [4.78, 5) is 29.1. The zero-order valence-electron chi connectivity index (χ0n) is 20.6. The number of imidazole rings is 1. The second kappa shape index (κ2) is 9.40. The van der Waals surface area contributed by atoms with E-state index in [9.17, 15) is 9.18 Å². The van der Waals surface area contributed by atoms with E-state index >= 15 is 0 Å². The minimum atomic E-state index is -0.490. The Hall–Kier alpha value is -3.49. The van der Waals surface area contributed by atoms with Gasteiger partial charge >= 0.3 is 0 Å². The van der Waals surface area contributed by atoms with Gasteiger partial charge in [0.05, 0.1) is 18.1 Å². The fourth-order valence-corrected chi connectivity index (χ4v) is 4.93. The van der Waals surface area contributed by atoms with Gasteiger partial charge < -0.3 is 19.7 Å². The van der Waals surface area contributed by atoms with Gasteiger partial charge in [0.15, 0.2) is 5.82 Å². The summed E-state index contributed by atoms with van der Waals surface area (Å²) >= 11 is 0. The molecule has 9 heteroatoms. The molecule has 8 nitrogen and oxygen atoms in total. The first-order valence-electron chi connectivity index (χ1n) is 11.6. The number of aromatic nitrogens is 4. The van der Waals surface area contributed by atoms with Gasteiger partial charge in [0.2, 0.25) is 11.9 Å². The number of nitrogens with one attached hydrogen (secondary N) is 1. The minimum absolute atomic E-state index is 0.115. The number of nitrogens with zero attached hydrogens (tertiary/aromatic N) is 6. The third-order valence-electron chi connectivity index (χ3n) is 6.26. The molecule has 0 aliphatic carbocycles. The highest BCUT2D eigenvalue weighted by atomic mass is 19.1. The molecule has 0 spiro atoms. The molecule has 1 amide bonds. The van der Waals surface area contributed by atoms with Gasteiger partial charge in [0, 0.05) is 49.5 Å². The first kappa shape index (κ1) is 23.7. The molecule has 1 aromatic carbocycles. The third kappa shape index (κ3) is 4.60. The van der Waals surface area contributed by atoms with Gasteiger partial charge in [-0.2, -0.15) is 0 Å². The molecular weight excluding hydrogens is 433 g/mol. The van der Waals surface area contributed by atoms with Crippen LogP contribution in [-0.2, 0) is 4.79 Å². The van der Waals surface area contributed by atoms with Crippen molar-refractivity contribution in [3.63, 3.8) is 0 Å². The standard InChI is InChI=1S/C25H32FN7O/c1-15(2)32-18(5)27-12-23(32)24-22(26)11-28-25(30-24)29-20-7-9-21(10-8-20)31-13-16(3)33(19(6)34)17(4)14-31/h7-12,15-17H,13-14H2,1-6H3,(H,28,29,30). The van der Waals surface area contributed by atoms with Crippen molar-refractivity contribution in [3.8, 4) is 11.4 Å². The summed E-state index contributed by atoms with van der Waals surface area (Å²) < 4.78 is 16.6. The van der Waals surface area contributed by atoms with Crippen molar-refractivity contribution in [3.05, 3.63) is 48.3 Å². The highest BCUT2D eigenvalue weighted by Crippen LogP contribution is 2.28. The lowest BCUT2D eigenvalue weighted by atomic mass is 10.1. The second-order valence-corrected chi connectivity index (χ2v) is 9.25. The number of benzene rings is 1. The molecule has 1 aliphatic heterocycles. The van der Waals surface area contributed by atoms with Crippen LogP contribution in [0.3, 0.4) is 0 Å². The fraction of sp³-hybridized carbons (Fsp3) is 0.440. The number of anilines is 3. The zero-order chi connectivity index (χ0) is 24.6. The van der Waals surface area contributed by atoms with Crippen LogP contribution in [0, 0.1) is 12.7 Å².